The Bertz CT molecular complexity index is 567. The lowest BCUT2D eigenvalue weighted by Gasteiger charge is -2.22. The van der Waals surface area contributed by atoms with Crippen LogP contribution < -0.4 is 10.6 Å². The summed E-state index contributed by atoms with van der Waals surface area (Å²) in [5, 5.41) is 4.67. The van der Waals surface area contributed by atoms with E-state index in [2.05, 4.69) is 48.7 Å². The summed E-state index contributed by atoms with van der Waals surface area (Å²) in [6.45, 7) is 11.2. The highest BCUT2D eigenvalue weighted by molar-refractivity contribution is 5.69. The lowest BCUT2D eigenvalue weighted by molar-refractivity contribution is 0.562. The van der Waals surface area contributed by atoms with E-state index >= 15 is 0 Å². The first-order valence-corrected chi connectivity index (χ1v) is 7.27. The molecule has 0 aromatic carbocycles. The van der Waals surface area contributed by atoms with Gasteiger partial charge < -0.3 is 10.6 Å². The van der Waals surface area contributed by atoms with Crippen LogP contribution in [0.4, 0.5) is 5.82 Å². The first-order chi connectivity index (χ1) is 9.47. The fourth-order valence-corrected chi connectivity index (χ4v) is 2.21. The number of nitrogens with two attached hydrogens (primary N) is 1. The van der Waals surface area contributed by atoms with Crippen molar-refractivity contribution in [3.05, 3.63) is 24.2 Å². The molecule has 0 amide bonds. The molecule has 2 heterocycles. The van der Waals surface area contributed by atoms with Crippen LogP contribution >= 0.6 is 0 Å². The van der Waals surface area contributed by atoms with Gasteiger partial charge in [0.15, 0.2) is 5.82 Å². The minimum absolute atomic E-state index is 0.0393. The molecule has 110 valence electrons. The van der Waals surface area contributed by atoms with Crippen LogP contribution in [0.25, 0.3) is 5.52 Å². The monoisotopic (exact) mass is 275 g/mol. The summed E-state index contributed by atoms with van der Waals surface area (Å²) in [5.41, 5.74) is 7.81. The average molecular weight is 275 g/mol. The first kappa shape index (κ1) is 14.8. The number of nitrogens with zero attached hydrogens (tertiary/aromatic N) is 4. The number of anilines is 1. The fraction of sp³-hybridized carbons (Fsp3) is 0.600. The summed E-state index contributed by atoms with van der Waals surface area (Å²) in [5.74, 6) is 0.992. The van der Waals surface area contributed by atoms with Gasteiger partial charge in [-0.1, -0.05) is 20.8 Å². The van der Waals surface area contributed by atoms with Crippen LogP contribution in [0.5, 0.6) is 0 Å². The lowest BCUT2D eigenvalue weighted by Crippen LogP contribution is -2.27. The van der Waals surface area contributed by atoms with Crippen molar-refractivity contribution in [2.45, 2.75) is 39.5 Å². The van der Waals surface area contributed by atoms with Crippen LogP contribution in [0.2, 0.25) is 0 Å². The number of hydrogen-bond acceptors (Lipinski definition) is 4. The van der Waals surface area contributed by atoms with E-state index in [1.165, 1.54) is 0 Å². The van der Waals surface area contributed by atoms with Gasteiger partial charge >= 0.3 is 0 Å². The van der Waals surface area contributed by atoms with Gasteiger partial charge in [0, 0.05) is 30.9 Å². The van der Waals surface area contributed by atoms with E-state index in [0.29, 0.717) is 6.54 Å². The average Bonchev–Trinajstić information content (AvgIpc) is 2.84. The van der Waals surface area contributed by atoms with Gasteiger partial charge in [-0.3, -0.25) is 0 Å². The van der Waals surface area contributed by atoms with Crippen molar-refractivity contribution >= 4 is 11.3 Å². The SMILES string of the molecule is CCN(CCCN)c1nccn2nc(C(C)(C)C)cc12. The summed E-state index contributed by atoms with van der Waals surface area (Å²) >= 11 is 0. The van der Waals surface area contributed by atoms with Crippen molar-refractivity contribution in [3.8, 4) is 0 Å². The van der Waals surface area contributed by atoms with Crippen molar-refractivity contribution < 1.29 is 0 Å². The molecule has 2 aromatic heterocycles. The Hall–Kier alpha value is -1.62. The molecule has 20 heavy (non-hydrogen) atoms. The third-order valence-electron chi connectivity index (χ3n) is 3.45. The van der Waals surface area contributed by atoms with Gasteiger partial charge in [-0.25, -0.2) is 9.50 Å². The molecule has 5 heteroatoms. The Morgan fingerprint density at radius 3 is 2.70 bits per heavy atom. The van der Waals surface area contributed by atoms with Gasteiger partial charge in [0.2, 0.25) is 0 Å². The van der Waals surface area contributed by atoms with Gasteiger partial charge in [-0.05, 0) is 26.0 Å². The van der Waals surface area contributed by atoms with Crippen molar-refractivity contribution in [1.29, 1.82) is 0 Å². The standard InChI is InChI=1S/C15H25N5/c1-5-19(9-6-7-16)14-12-11-13(15(2,3)4)18-20(12)10-8-17-14/h8,10-11H,5-7,9,16H2,1-4H3. The van der Waals surface area contributed by atoms with Crippen LogP contribution in [0, 0.1) is 0 Å². The number of fused-ring (bicyclic) bond motifs is 1. The number of rotatable bonds is 5. The third kappa shape index (κ3) is 2.93. The quantitative estimate of drug-likeness (QED) is 0.909. The Balaban J connectivity index is 2.45. The Morgan fingerprint density at radius 1 is 1.35 bits per heavy atom. The smallest absolute Gasteiger partial charge is 0.154 e. The Labute approximate surface area is 120 Å². The van der Waals surface area contributed by atoms with Gasteiger partial charge in [0.05, 0.1) is 5.69 Å². The predicted octanol–water partition coefficient (Wildman–Crippen LogP) is 2.20. The van der Waals surface area contributed by atoms with Crippen LogP contribution in [0.1, 0.15) is 39.8 Å². The molecule has 0 bridgehead atoms. The van der Waals surface area contributed by atoms with Crippen LogP contribution in [-0.4, -0.2) is 34.2 Å². The molecule has 0 spiro atoms. The van der Waals surface area contributed by atoms with E-state index in [1.54, 1.807) is 0 Å². The maximum atomic E-state index is 5.62. The summed E-state index contributed by atoms with van der Waals surface area (Å²) in [4.78, 5) is 6.81. The van der Waals surface area contributed by atoms with Crippen LogP contribution in [0.15, 0.2) is 18.5 Å². The van der Waals surface area contributed by atoms with Crippen molar-refractivity contribution in [2.24, 2.45) is 5.73 Å². The predicted molar refractivity (Wildman–Crippen MR) is 83.2 cm³/mol. The molecular weight excluding hydrogens is 250 g/mol. The molecule has 2 N–H and O–H groups in total. The van der Waals surface area contributed by atoms with Gasteiger partial charge in [0.25, 0.3) is 0 Å². The summed E-state index contributed by atoms with van der Waals surface area (Å²) in [6.07, 6.45) is 4.69. The van der Waals surface area contributed by atoms with Crippen LogP contribution in [-0.2, 0) is 5.41 Å². The first-order valence-electron chi connectivity index (χ1n) is 7.27. The minimum atomic E-state index is 0.0393. The molecule has 5 nitrogen and oxygen atoms in total. The molecular formula is C15H25N5. The second-order valence-corrected chi connectivity index (χ2v) is 6.08. The van der Waals surface area contributed by atoms with E-state index in [4.69, 9.17) is 5.73 Å². The van der Waals surface area contributed by atoms with E-state index in [0.717, 1.165) is 36.5 Å². The van der Waals surface area contributed by atoms with Crippen molar-refractivity contribution in [1.82, 2.24) is 14.6 Å². The van der Waals surface area contributed by atoms with Crippen molar-refractivity contribution in [2.75, 3.05) is 24.5 Å². The Kier molecular flexibility index (Phi) is 4.28. The summed E-state index contributed by atoms with van der Waals surface area (Å²) in [7, 11) is 0. The number of hydrogen-bond donors (Lipinski definition) is 1. The van der Waals surface area contributed by atoms with E-state index < -0.39 is 0 Å². The van der Waals surface area contributed by atoms with E-state index in [-0.39, 0.29) is 5.41 Å². The molecule has 0 saturated carbocycles. The maximum Gasteiger partial charge on any atom is 0.154 e. The zero-order valence-electron chi connectivity index (χ0n) is 12.9. The molecule has 0 aliphatic rings. The number of aromatic nitrogens is 3. The van der Waals surface area contributed by atoms with Gasteiger partial charge in [0.1, 0.15) is 5.52 Å². The highest BCUT2D eigenvalue weighted by atomic mass is 15.3. The largest absolute Gasteiger partial charge is 0.355 e. The minimum Gasteiger partial charge on any atom is -0.355 e. The van der Waals surface area contributed by atoms with Gasteiger partial charge in [-0.15, -0.1) is 0 Å². The second-order valence-electron chi connectivity index (χ2n) is 6.08. The zero-order chi connectivity index (χ0) is 14.8. The van der Waals surface area contributed by atoms with Crippen molar-refractivity contribution in [3.63, 3.8) is 0 Å². The van der Waals surface area contributed by atoms with Gasteiger partial charge in [-0.2, -0.15) is 5.10 Å². The fourth-order valence-electron chi connectivity index (χ4n) is 2.21. The highest BCUT2D eigenvalue weighted by Crippen LogP contribution is 2.26. The highest BCUT2D eigenvalue weighted by Gasteiger charge is 2.20. The molecule has 0 saturated heterocycles. The molecule has 0 fully saturated rings. The van der Waals surface area contributed by atoms with Crippen LogP contribution in [0.3, 0.4) is 0 Å². The summed E-state index contributed by atoms with van der Waals surface area (Å²) < 4.78 is 1.92. The third-order valence-corrected chi connectivity index (χ3v) is 3.45. The maximum absolute atomic E-state index is 5.62. The molecule has 0 atom stereocenters. The van der Waals surface area contributed by atoms with E-state index in [1.807, 2.05) is 16.9 Å². The molecule has 2 aromatic rings. The molecule has 0 aliphatic heterocycles. The topological polar surface area (TPSA) is 59.5 Å². The molecule has 0 aliphatic carbocycles. The molecule has 2 rings (SSSR count). The molecule has 0 unspecified atom stereocenters. The normalized spacial score (nSPS) is 12.1. The molecule has 0 radical (unpaired) electrons. The summed E-state index contributed by atoms with van der Waals surface area (Å²) in [6, 6.07) is 2.15. The zero-order valence-corrected chi connectivity index (χ0v) is 12.9. The van der Waals surface area contributed by atoms with E-state index in [9.17, 15) is 0 Å². The Morgan fingerprint density at radius 2 is 2.10 bits per heavy atom. The lowest BCUT2D eigenvalue weighted by atomic mass is 9.92. The second kappa shape index (κ2) is 5.79.